The lowest BCUT2D eigenvalue weighted by Gasteiger charge is -2.17. The Morgan fingerprint density at radius 2 is 1.52 bits per heavy atom. The second-order valence-electron chi connectivity index (χ2n) is 6.18. The van der Waals surface area contributed by atoms with Gasteiger partial charge in [0.1, 0.15) is 17.2 Å². The molecule has 0 unspecified atom stereocenters. The molecule has 0 spiro atoms. The lowest BCUT2D eigenvalue weighted by molar-refractivity contribution is 0.311. The van der Waals surface area contributed by atoms with Gasteiger partial charge < -0.3 is 34.3 Å². The Morgan fingerprint density at radius 1 is 0.871 bits per heavy atom. The average molecular weight is 545 g/mol. The predicted molar refractivity (Wildman–Crippen MR) is 134 cm³/mol. The minimum absolute atomic E-state index is 0. The molecular formula is C22H32IN3O5. The van der Waals surface area contributed by atoms with Crippen molar-refractivity contribution in [1.82, 2.24) is 5.32 Å². The maximum Gasteiger partial charge on any atom is 0.195 e. The molecule has 0 aliphatic rings. The standard InChI is InChI=1S/C22H31N3O5.HI/c1-7-30-21-12-15(8-9-18(21)27-4)25-22(23-2)24-11-10-17-19(28-5)13-16(26-3)14-20(17)29-6;/h8-9,12-14H,7,10-11H2,1-6H3,(H2,23,24,25);1H. The number of benzene rings is 2. The fraction of sp³-hybridized carbons (Fsp3) is 0.409. The molecular weight excluding hydrogens is 513 g/mol. The van der Waals surface area contributed by atoms with Crippen molar-refractivity contribution < 1.29 is 23.7 Å². The van der Waals surface area contributed by atoms with E-state index in [1.165, 1.54) is 0 Å². The molecule has 0 fully saturated rings. The van der Waals surface area contributed by atoms with Crippen molar-refractivity contribution >= 4 is 35.6 Å². The quantitative estimate of drug-likeness (QED) is 0.266. The van der Waals surface area contributed by atoms with Crippen LogP contribution in [0, 0.1) is 0 Å². The summed E-state index contributed by atoms with van der Waals surface area (Å²) in [7, 11) is 8.21. The summed E-state index contributed by atoms with van der Waals surface area (Å²) >= 11 is 0. The molecule has 2 rings (SSSR count). The highest BCUT2D eigenvalue weighted by Crippen LogP contribution is 2.34. The van der Waals surface area contributed by atoms with Crippen LogP contribution >= 0.6 is 24.0 Å². The monoisotopic (exact) mass is 545 g/mol. The zero-order valence-electron chi connectivity index (χ0n) is 18.9. The summed E-state index contributed by atoms with van der Waals surface area (Å²) in [6.07, 6.45) is 0.670. The number of hydrogen-bond donors (Lipinski definition) is 2. The number of rotatable bonds is 10. The van der Waals surface area contributed by atoms with Crippen LogP contribution < -0.4 is 34.3 Å². The molecule has 2 aromatic carbocycles. The molecule has 0 atom stereocenters. The van der Waals surface area contributed by atoms with Crippen LogP contribution in [-0.4, -0.2) is 54.6 Å². The van der Waals surface area contributed by atoms with Crippen LogP contribution in [0.1, 0.15) is 12.5 Å². The van der Waals surface area contributed by atoms with Crippen LogP contribution in [0.5, 0.6) is 28.7 Å². The van der Waals surface area contributed by atoms with Crippen LogP contribution in [0.25, 0.3) is 0 Å². The minimum atomic E-state index is 0. The number of anilines is 1. The van der Waals surface area contributed by atoms with Gasteiger partial charge >= 0.3 is 0 Å². The number of halogens is 1. The van der Waals surface area contributed by atoms with Crippen LogP contribution in [0.2, 0.25) is 0 Å². The third-order valence-electron chi connectivity index (χ3n) is 4.43. The molecule has 0 bridgehead atoms. The average Bonchev–Trinajstić information content (AvgIpc) is 2.78. The van der Waals surface area contributed by atoms with E-state index in [0.717, 1.165) is 11.3 Å². The first-order valence-electron chi connectivity index (χ1n) is 9.67. The Balaban J connectivity index is 0.00000480. The van der Waals surface area contributed by atoms with E-state index in [0.29, 0.717) is 54.3 Å². The molecule has 0 aromatic heterocycles. The van der Waals surface area contributed by atoms with Crippen LogP contribution in [0.4, 0.5) is 5.69 Å². The summed E-state index contributed by atoms with van der Waals surface area (Å²) in [6.45, 7) is 3.10. The topological polar surface area (TPSA) is 82.6 Å². The van der Waals surface area contributed by atoms with E-state index < -0.39 is 0 Å². The van der Waals surface area contributed by atoms with E-state index in [1.807, 2.05) is 37.3 Å². The van der Waals surface area contributed by atoms with Gasteiger partial charge in [0.05, 0.1) is 35.0 Å². The van der Waals surface area contributed by atoms with Crippen molar-refractivity contribution in [3.8, 4) is 28.7 Å². The number of guanidine groups is 1. The van der Waals surface area contributed by atoms with Gasteiger partial charge in [-0.05, 0) is 25.5 Å². The molecule has 31 heavy (non-hydrogen) atoms. The van der Waals surface area contributed by atoms with Crippen molar-refractivity contribution in [3.05, 3.63) is 35.9 Å². The number of nitrogens with zero attached hydrogens (tertiary/aromatic N) is 1. The molecule has 172 valence electrons. The van der Waals surface area contributed by atoms with Crippen LogP contribution in [0.3, 0.4) is 0 Å². The highest BCUT2D eigenvalue weighted by atomic mass is 127. The largest absolute Gasteiger partial charge is 0.496 e. The van der Waals surface area contributed by atoms with E-state index in [9.17, 15) is 0 Å². The smallest absolute Gasteiger partial charge is 0.195 e. The Labute approximate surface area is 201 Å². The third-order valence-corrected chi connectivity index (χ3v) is 4.43. The van der Waals surface area contributed by atoms with E-state index in [1.54, 1.807) is 35.5 Å². The van der Waals surface area contributed by atoms with Gasteiger partial charge in [-0.1, -0.05) is 0 Å². The lowest BCUT2D eigenvalue weighted by Crippen LogP contribution is -2.32. The van der Waals surface area contributed by atoms with Crippen molar-refractivity contribution in [1.29, 1.82) is 0 Å². The Morgan fingerprint density at radius 3 is 2.03 bits per heavy atom. The molecule has 2 N–H and O–H groups in total. The van der Waals surface area contributed by atoms with Gasteiger partial charge in [0, 0.05) is 43.0 Å². The molecule has 8 nitrogen and oxygen atoms in total. The normalized spacial score (nSPS) is 10.6. The van der Waals surface area contributed by atoms with Gasteiger partial charge in [-0.25, -0.2) is 0 Å². The van der Waals surface area contributed by atoms with Gasteiger partial charge in [-0.15, -0.1) is 24.0 Å². The number of methoxy groups -OCH3 is 4. The van der Waals surface area contributed by atoms with Crippen molar-refractivity contribution in [3.63, 3.8) is 0 Å². The number of hydrogen-bond acceptors (Lipinski definition) is 6. The first kappa shape index (κ1) is 26.5. The molecule has 2 aromatic rings. The summed E-state index contributed by atoms with van der Waals surface area (Å²) in [5.74, 6) is 4.11. The Kier molecular flexibility index (Phi) is 11.7. The second-order valence-corrected chi connectivity index (χ2v) is 6.18. The predicted octanol–water partition coefficient (Wildman–Crippen LogP) is 3.97. The molecule has 9 heteroatoms. The zero-order chi connectivity index (χ0) is 21.9. The molecule has 0 saturated heterocycles. The second kappa shape index (κ2) is 13.7. The summed E-state index contributed by atoms with van der Waals surface area (Å²) in [5, 5.41) is 6.56. The zero-order valence-corrected chi connectivity index (χ0v) is 21.2. The summed E-state index contributed by atoms with van der Waals surface area (Å²) in [5.41, 5.74) is 1.79. The summed E-state index contributed by atoms with van der Waals surface area (Å²) in [6, 6.07) is 9.33. The van der Waals surface area contributed by atoms with Crippen molar-refractivity contribution in [2.24, 2.45) is 4.99 Å². The summed E-state index contributed by atoms with van der Waals surface area (Å²) < 4.78 is 27.3. The number of nitrogens with one attached hydrogen (secondary N) is 2. The van der Waals surface area contributed by atoms with Gasteiger partial charge in [0.15, 0.2) is 17.5 Å². The molecule has 0 heterocycles. The van der Waals surface area contributed by atoms with Crippen LogP contribution in [0.15, 0.2) is 35.3 Å². The van der Waals surface area contributed by atoms with E-state index in [4.69, 9.17) is 23.7 Å². The summed E-state index contributed by atoms with van der Waals surface area (Å²) in [4.78, 5) is 4.29. The molecule has 0 saturated carbocycles. The molecule has 0 aliphatic carbocycles. The fourth-order valence-electron chi connectivity index (χ4n) is 2.97. The first-order chi connectivity index (χ1) is 14.6. The SMILES string of the molecule is CCOc1cc(NC(=NC)NCCc2c(OC)cc(OC)cc2OC)ccc1OC.I. The van der Waals surface area contributed by atoms with Gasteiger partial charge in [0.25, 0.3) is 0 Å². The number of aliphatic imine (C=N–C) groups is 1. The highest BCUT2D eigenvalue weighted by Gasteiger charge is 2.13. The first-order valence-corrected chi connectivity index (χ1v) is 9.67. The molecule has 0 amide bonds. The van der Waals surface area contributed by atoms with Gasteiger partial charge in [0.2, 0.25) is 0 Å². The number of ether oxygens (including phenoxy) is 5. The van der Waals surface area contributed by atoms with E-state index in [2.05, 4.69) is 15.6 Å². The minimum Gasteiger partial charge on any atom is -0.496 e. The maximum atomic E-state index is 5.63. The third kappa shape index (κ3) is 7.27. The van der Waals surface area contributed by atoms with Gasteiger partial charge in [-0.3, -0.25) is 4.99 Å². The van der Waals surface area contributed by atoms with E-state index >= 15 is 0 Å². The van der Waals surface area contributed by atoms with Crippen molar-refractivity contribution in [2.75, 3.05) is 54.0 Å². The molecule has 0 aliphatic heterocycles. The molecule has 0 radical (unpaired) electrons. The van der Waals surface area contributed by atoms with E-state index in [-0.39, 0.29) is 24.0 Å². The lowest BCUT2D eigenvalue weighted by atomic mass is 10.1. The fourth-order valence-corrected chi connectivity index (χ4v) is 2.97. The Bertz CT molecular complexity index is 836. The Hall–Kier alpha value is -2.56. The van der Waals surface area contributed by atoms with Crippen molar-refractivity contribution in [2.45, 2.75) is 13.3 Å². The highest BCUT2D eigenvalue weighted by molar-refractivity contribution is 14.0. The van der Waals surface area contributed by atoms with Gasteiger partial charge in [-0.2, -0.15) is 0 Å². The van der Waals surface area contributed by atoms with Crippen LogP contribution in [-0.2, 0) is 6.42 Å². The maximum absolute atomic E-state index is 5.63.